The molecule has 0 saturated carbocycles. The molecule has 2 rings (SSSR count). The Labute approximate surface area is 173 Å². The standard InChI is InChI=1S/C22H33N3O4/c1-22(2,3)29-21(28)24-16-18-10-13-25(14-11-18)20(27)9-12-23-19(26)15-17-7-5-4-6-8-17/h4-8,18H,9-16H2,1-3H3,(H,23,26)(H,24,28). The van der Waals surface area contributed by atoms with Crippen LogP contribution in [0.1, 0.15) is 45.6 Å². The topological polar surface area (TPSA) is 87.7 Å². The second-order valence-corrected chi connectivity index (χ2v) is 8.47. The molecule has 160 valence electrons. The zero-order valence-electron chi connectivity index (χ0n) is 17.7. The van der Waals surface area contributed by atoms with Crippen molar-refractivity contribution in [3.8, 4) is 0 Å². The van der Waals surface area contributed by atoms with Gasteiger partial charge in [0.25, 0.3) is 0 Å². The fraction of sp³-hybridized carbons (Fsp3) is 0.591. The maximum atomic E-state index is 12.4. The quantitative estimate of drug-likeness (QED) is 0.732. The Morgan fingerprint density at radius 2 is 1.72 bits per heavy atom. The third kappa shape index (κ3) is 8.98. The van der Waals surface area contributed by atoms with Crippen molar-refractivity contribution < 1.29 is 19.1 Å². The van der Waals surface area contributed by atoms with E-state index < -0.39 is 11.7 Å². The molecule has 1 aromatic rings. The number of carbonyl (C=O) groups excluding carboxylic acids is 3. The summed E-state index contributed by atoms with van der Waals surface area (Å²) in [6.07, 6.45) is 1.93. The van der Waals surface area contributed by atoms with Crippen LogP contribution in [0, 0.1) is 5.92 Å². The lowest BCUT2D eigenvalue weighted by molar-refractivity contribution is -0.132. The smallest absolute Gasteiger partial charge is 0.407 e. The summed E-state index contributed by atoms with van der Waals surface area (Å²) >= 11 is 0. The van der Waals surface area contributed by atoms with E-state index >= 15 is 0 Å². The third-order valence-corrected chi connectivity index (χ3v) is 4.77. The molecular formula is C22H33N3O4. The van der Waals surface area contributed by atoms with Crippen LogP contribution in [-0.4, -0.2) is 54.6 Å². The number of likely N-dealkylation sites (tertiary alicyclic amines) is 1. The highest BCUT2D eigenvalue weighted by Crippen LogP contribution is 2.17. The molecule has 2 N–H and O–H groups in total. The normalized spacial score (nSPS) is 14.9. The molecule has 0 bridgehead atoms. The first kappa shape index (κ1) is 22.7. The minimum absolute atomic E-state index is 0.0589. The van der Waals surface area contributed by atoms with Gasteiger partial charge in [0, 0.05) is 32.6 Å². The molecule has 3 amide bonds. The number of ether oxygens (including phenoxy) is 1. The van der Waals surface area contributed by atoms with Crippen molar-refractivity contribution in [2.45, 2.75) is 52.1 Å². The van der Waals surface area contributed by atoms with Crippen LogP contribution in [0.15, 0.2) is 30.3 Å². The summed E-state index contributed by atoms with van der Waals surface area (Å²) in [5.74, 6) is 0.330. The Bertz CT molecular complexity index is 677. The first-order valence-corrected chi connectivity index (χ1v) is 10.3. The van der Waals surface area contributed by atoms with E-state index in [1.165, 1.54) is 0 Å². The molecule has 1 aliphatic heterocycles. The molecule has 7 heteroatoms. The number of nitrogens with one attached hydrogen (secondary N) is 2. The largest absolute Gasteiger partial charge is 0.444 e. The predicted octanol–water partition coefficient (Wildman–Crippen LogP) is 2.50. The lowest BCUT2D eigenvalue weighted by Gasteiger charge is -2.32. The minimum atomic E-state index is -0.504. The molecule has 0 spiro atoms. The highest BCUT2D eigenvalue weighted by atomic mass is 16.6. The number of hydrogen-bond donors (Lipinski definition) is 2. The molecule has 1 heterocycles. The summed E-state index contributed by atoms with van der Waals surface area (Å²) < 4.78 is 5.24. The number of nitrogens with zero attached hydrogens (tertiary/aromatic N) is 1. The van der Waals surface area contributed by atoms with Crippen molar-refractivity contribution in [3.63, 3.8) is 0 Å². The average molecular weight is 404 g/mol. The number of benzene rings is 1. The number of hydrogen-bond acceptors (Lipinski definition) is 4. The Morgan fingerprint density at radius 1 is 1.07 bits per heavy atom. The second-order valence-electron chi connectivity index (χ2n) is 8.47. The van der Waals surface area contributed by atoms with Gasteiger partial charge in [-0.05, 0) is 45.1 Å². The van der Waals surface area contributed by atoms with Gasteiger partial charge in [-0.25, -0.2) is 4.79 Å². The van der Waals surface area contributed by atoms with E-state index in [1.54, 1.807) is 0 Å². The Hall–Kier alpha value is -2.57. The number of amides is 3. The van der Waals surface area contributed by atoms with Gasteiger partial charge in [-0.2, -0.15) is 0 Å². The van der Waals surface area contributed by atoms with E-state index in [0.29, 0.717) is 44.9 Å². The molecule has 1 aliphatic rings. The molecule has 0 radical (unpaired) electrons. The van der Waals surface area contributed by atoms with E-state index in [2.05, 4.69) is 10.6 Å². The molecule has 0 unspecified atom stereocenters. The van der Waals surface area contributed by atoms with Crippen molar-refractivity contribution in [2.75, 3.05) is 26.2 Å². The highest BCUT2D eigenvalue weighted by Gasteiger charge is 2.24. The van der Waals surface area contributed by atoms with E-state index in [-0.39, 0.29) is 11.8 Å². The van der Waals surface area contributed by atoms with E-state index in [1.807, 2.05) is 56.0 Å². The summed E-state index contributed by atoms with van der Waals surface area (Å²) in [5, 5.41) is 5.62. The van der Waals surface area contributed by atoms with Crippen LogP contribution in [0.25, 0.3) is 0 Å². The maximum Gasteiger partial charge on any atom is 0.407 e. The van der Waals surface area contributed by atoms with Crippen LogP contribution >= 0.6 is 0 Å². The lowest BCUT2D eigenvalue weighted by atomic mass is 9.96. The van der Waals surface area contributed by atoms with Crippen LogP contribution < -0.4 is 10.6 Å². The van der Waals surface area contributed by atoms with Gasteiger partial charge in [-0.1, -0.05) is 30.3 Å². The monoisotopic (exact) mass is 403 g/mol. The van der Waals surface area contributed by atoms with Gasteiger partial charge < -0.3 is 20.3 Å². The summed E-state index contributed by atoms with van der Waals surface area (Å²) in [6.45, 7) is 7.77. The van der Waals surface area contributed by atoms with Gasteiger partial charge >= 0.3 is 6.09 Å². The van der Waals surface area contributed by atoms with E-state index in [9.17, 15) is 14.4 Å². The number of alkyl carbamates (subject to hydrolysis) is 1. The average Bonchev–Trinajstić information content (AvgIpc) is 2.66. The van der Waals surface area contributed by atoms with Gasteiger partial charge in [0.2, 0.25) is 11.8 Å². The van der Waals surface area contributed by atoms with Gasteiger partial charge in [-0.3, -0.25) is 9.59 Å². The zero-order chi connectivity index (χ0) is 21.3. The molecular weight excluding hydrogens is 370 g/mol. The van der Waals surface area contributed by atoms with Crippen molar-refractivity contribution in [1.29, 1.82) is 0 Å². The first-order chi connectivity index (χ1) is 13.7. The summed E-state index contributed by atoms with van der Waals surface area (Å²) in [6, 6.07) is 9.54. The van der Waals surface area contributed by atoms with E-state index in [0.717, 1.165) is 18.4 Å². The lowest BCUT2D eigenvalue weighted by Crippen LogP contribution is -2.43. The first-order valence-electron chi connectivity index (χ1n) is 10.3. The number of carbonyl (C=O) groups is 3. The van der Waals surface area contributed by atoms with E-state index in [4.69, 9.17) is 4.74 Å². The van der Waals surface area contributed by atoms with Crippen LogP contribution in [-0.2, 0) is 20.7 Å². The molecule has 1 saturated heterocycles. The Balaban J connectivity index is 1.59. The molecule has 7 nitrogen and oxygen atoms in total. The summed E-state index contributed by atoms with van der Waals surface area (Å²) in [4.78, 5) is 37.9. The molecule has 29 heavy (non-hydrogen) atoms. The molecule has 1 fully saturated rings. The van der Waals surface area contributed by atoms with Crippen molar-refractivity contribution in [2.24, 2.45) is 5.92 Å². The molecule has 0 aromatic heterocycles. The molecule has 1 aromatic carbocycles. The van der Waals surface area contributed by atoms with Crippen LogP contribution in [0.4, 0.5) is 4.79 Å². The number of piperidine rings is 1. The van der Waals surface area contributed by atoms with Crippen LogP contribution in [0.5, 0.6) is 0 Å². The second kappa shape index (κ2) is 10.8. The van der Waals surface area contributed by atoms with Crippen LogP contribution in [0.3, 0.4) is 0 Å². The fourth-order valence-corrected chi connectivity index (χ4v) is 3.24. The molecule has 0 aliphatic carbocycles. The number of rotatable bonds is 7. The van der Waals surface area contributed by atoms with Crippen molar-refractivity contribution >= 4 is 17.9 Å². The molecule has 0 atom stereocenters. The third-order valence-electron chi connectivity index (χ3n) is 4.77. The van der Waals surface area contributed by atoms with Gasteiger partial charge in [0.15, 0.2) is 0 Å². The van der Waals surface area contributed by atoms with Gasteiger partial charge in [0.1, 0.15) is 5.60 Å². The van der Waals surface area contributed by atoms with Crippen molar-refractivity contribution in [3.05, 3.63) is 35.9 Å². The SMILES string of the molecule is CC(C)(C)OC(=O)NCC1CCN(C(=O)CCNC(=O)Cc2ccccc2)CC1. The Morgan fingerprint density at radius 3 is 2.34 bits per heavy atom. The Kier molecular flexibility index (Phi) is 8.49. The van der Waals surface area contributed by atoms with Gasteiger partial charge in [-0.15, -0.1) is 0 Å². The van der Waals surface area contributed by atoms with Gasteiger partial charge in [0.05, 0.1) is 6.42 Å². The maximum absolute atomic E-state index is 12.4. The fourth-order valence-electron chi connectivity index (χ4n) is 3.24. The summed E-state index contributed by atoms with van der Waals surface area (Å²) in [5.41, 5.74) is 0.453. The summed E-state index contributed by atoms with van der Waals surface area (Å²) in [7, 11) is 0. The zero-order valence-corrected chi connectivity index (χ0v) is 17.7. The van der Waals surface area contributed by atoms with Crippen molar-refractivity contribution in [1.82, 2.24) is 15.5 Å². The predicted molar refractivity (Wildman–Crippen MR) is 111 cm³/mol. The van der Waals surface area contributed by atoms with Crippen LogP contribution in [0.2, 0.25) is 0 Å². The highest BCUT2D eigenvalue weighted by molar-refractivity contribution is 5.80. The minimum Gasteiger partial charge on any atom is -0.444 e.